The maximum absolute atomic E-state index is 12.7. The molecule has 1 fully saturated rings. The first-order valence-corrected chi connectivity index (χ1v) is 11.0. The van der Waals surface area contributed by atoms with Crippen LogP contribution < -0.4 is 5.32 Å². The minimum atomic E-state index is -0.151. The molecule has 0 radical (unpaired) electrons. The lowest BCUT2D eigenvalue weighted by Gasteiger charge is -2.21. The highest BCUT2D eigenvalue weighted by Crippen LogP contribution is 2.31. The number of amides is 2. The largest absolute Gasteiger partial charge is 0.352 e. The number of thiophene rings is 1. The average Bonchev–Trinajstić information content (AvgIpc) is 3.52. The third-order valence-electron chi connectivity index (χ3n) is 5.16. The molecule has 2 amide bonds. The van der Waals surface area contributed by atoms with Crippen molar-refractivity contribution in [2.24, 2.45) is 0 Å². The van der Waals surface area contributed by atoms with E-state index < -0.39 is 0 Å². The van der Waals surface area contributed by atoms with Crippen molar-refractivity contribution in [2.45, 2.75) is 44.7 Å². The van der Waals surface area contributed by atoms with E-state index in [1.807, 2.05) is 52.7 Å². The van der Waals surface area contributed by atoms with Gasteiger partial charge in [-0.05, 0) is 29.9 Å². The molecular formula is C22H24N4O3S. The third kappa shape index (κ3) is 5.13. The van der Waals surface area contributed by atoms with Crippen molar-refractivity contribution in [3.8, 4) is 0 Å². The Hall–Kier alpha value is -3.00. The van der Waals surface area contributed by atoms with Gasteiger partial charge in [-0.15, -0.1) is 11.3 Å². The highest BCUT2D eigenvalue weighted by atomic mass is 32.1. The molecule has 0 saturated carbocycles. The van der Waals surface area contributed by atoms with Crippen LogP contribution in [-0.4, -0.2) is 33.4 Å². The fourth-order valence-electron chi connectivity index (χ4n) is 3.61. The number of likely N-dealkylation sites (tertiary alicyclic amines) is 1. The second-order valence-corrected chi connectivity index (χ2v) is 8.34. The third-order valence-corrected chi connectivity index (χ3v) is 6.04. The molecule has 0 bridgehead atoms. The summed E-state index contributed by atoms with van der Waals surface area (Å²) in [5.74, 6) is 0.989. The second-order valence-electron chi connectivity index (χ2n) is 7.31. The molecule has 1 saturated heterocycles. The minimum Gasteiger partial charge on any atom is -0.352 e. The number of aromatic nitrogens is 2. The van der Waals surface area contributed by atoms with E-state index >= 15 is 0 Å². The fourth-order valence-corrected chi connectivity index (χ4v) is 4.30. The van der Waals surface area contributed by atoms with E-state index in [9.17, 15) is 9.59 Å². The molecule has 1 N–H and O–H groups in total. The summed E-state index contributed by atoms with van der Waals surface area (Å²) in [7, 11) is 0. The molecular weight excluding hydrogens is 400 g/mol. The standard InChI is InChI=1S/C22H24N4O3S/c27-19(23-15-16-6-2-1-3-7-16)10-11-20-24-22(25-29-20)18-9-4-12-26(18)21(28)14-17-8-5-13-30-17/h1-3,5-8,13,18H,4,9-12,14-15H2,(H,23,27). The summed E-state index contributed by atoms with van der Waals surface area (Å²) >= 11 is 1.59. The normalized spacial score (nSPS) is 16.0. The highest BCUT2D eigenvalue weighted by molar-refractivity contribution is 7.10. The number of hydrogen-bond acceptors (Lipinski definition) is 6. The minimum absolute atomic E-state index is 0.0628. The molecule has 1 atom stereocenters. The van der Waals surface area contributed by atoms with Gasteiger partial charge in [0.25, 0.3) is 0 Å². The van der Waals surface area contributed by atoms with Crippen LogP contribution in [0.3, 0.4) is 0 Å². The average molecular weight is 425 g/mol. The zero-order valence-corrected chi connectivity index (χ0v) is 17.4. The lowest BCUT2D eigenvalue weighted by atomic mass is 10.2. The van der Waals surface area contributed by atoms with Crippen LogP contribution in [0.15, 0.2) is 52.4 Å². The van der Waals surface area contributed by atoms with Gasteiger partial charge in [0.1, 0.15) is 0 Å². The van der Waals surface area contributed by atoms with E-state index in [-0.39, 0.29) is 24.3 Å². The van der Waals surface area contributed by atoms with Gasteiger partial charge in [0.2, 0.25) is 17.7 Å². The first kappa shape index (κ1) is 20.3. The van der Waals surface area contributed by atoms with E-state index in [1.165, 1.54) is 0 Å². The van der Waals surface area contributed by atoms with Crippen LogP contribution in [-0.2, 0) is 29.0 Å². The van der Waals surface area contributed by atoms with E-state index in [0.29, 0.717) is 37.6 Å². The Morgan fingerprint density at radius 1 is 1.20 bits per heavy atom. The summed E-state index contributed by atoms with van der Waals surface area (Å²) in [5.41, 5.74) is 1.06. The zero-order chi connectivity index (χ0) is 20.8. The number of benzene rings is 1. The predicted molar refractivity (Wildman–Crippen MR) is 113 cm³/mol. The van der Waals surface area contributed by atoms with Crippen LogP contribution in [0, 0.1) is 0 Å². The summed E-state index contributed by atoms with van der Waals surface area (Å²) in [5, 5.41) is 8.96. The van der Waals surface area contributed by atoms with Crippen molar-refractivity contribution in [3.63, 3.8) is 0 Å². The van der Waals surface area contributed by atoms with E-state index in [4.69, 9.17) is 4.52 Å². The molecule has 1 aliphatic rings. The van der Waals surface area contributed by atoms with Gasteiger partial charge >= 0.3 is 0 Å². The Labute approximate surface area is 179 Å². The second kappa shape index (κ2) is 9.67. The van der Waals surface area contributed by atoms with Crippen LogP contribution in [0.1, 0.15) is 47.5 Å². The van der Waals surface area contributed by atoms with Crippen molar-refractivity contribution < 1.29 is 14.1 Å². The van der Waals surface area contributed by atoms with Gasteiger partial charge < -0.3 is 14.7 Å². The van der Waals surface area contributed by atoms with E-state index in [0.717, 1.165) is 23.3 Å². The number of hydrogen-bond donors (Lipinski definition) is 1. The molecule has 7 nitrogen and oxygen atoms in total. The van der Waals surface area contributed by atoms with Gasteiger partial charge in [-0.25, -0.2) is 0 Å². The van der Waals surface area contributed by atoms with Crippen molar-refractivity contribution in [3.05, 3.63) is 70.0 Å². The van der Waals surface area contributed by atoms with Crippen LogP contribution in [0.2, 0.25) is 0 Å². The van der Waals surface area contributed by atoms with Crippen molar-refractivity contribution >= 4 is 23.2 Å². The summed E-state index contributed by atoms with van der Waals surface area (Å²) in [6, 6.07) is 13.5. The lowest BCUT2D eigenvalue weighted by Crippen LogP contribution is -2.32. The number of aryl methyl sites for hydroxylation is 1. The summed E-state index contributed by atoms with van der Waals surface area (Å²) in [4.78, 5) is 32.2. The Morgan fingerprint density at radius 3 is 2.87 bits per heavy atom. The Bertz CT molecular complexity index is 971. The SMILES string of the molecule is O=C(CCc1nc(C2CCCN2C(=O)Cc2cccs2)no1)NCc1ccccc1. The smallest absolute Gasteiger partial charge is 0.228 e. The van der Waals surface area contributed by atoms with E-state index in [2.05, 4.69) is 15.5 Å². The molecule has 1 aromatic carbocycles. The van der Waals surface area contributed by atoms with Gasteiger partial charge in [-0.2, -0.15) is 4.98 Å². The summed E-state index contributed by atoms with van der Waals surface area (Å²) in [6.07, 6.45) is 2.81. The quantitative estimate of drug-likeness (QED) is 0.599. The molecule has 156 valence electrons. The van der Waals surface area contributed by atoms with Crippen LogP contribution >= 0.6 is 11.3 Å². The van der Waals surface area contributed by atoms with Crippen molar-refractivity contribution in [1.82, 2.24) is 20.4 Å². The highest BCUT2D eigenvalue weighted by Gasteiger charge is 2.33. The van der Waals surface area contributed by atoms with Gasteiger partial charge in [0.05, 0.1) is 12.5 Å². The monoisotopic (exact) mass is 424 g/mol. The number of nitrogens with one attached hydrogen (secondary N) is 1. The molecule has 3 heterocycles. The molecule has 1 unspecified atom stereocenters. The summed E-state index contributed by atoms with van der Waals surface area (Å²) in [6.45, 7) is 1.21. The number of carbonyl (C=O) groups is 2. The maximum Gasteiger partial charge on any atom is 0.228 e. The van der Waals surface area contributed by atoms with Gasteiger partial charge in [-0.1, -0.05) is 41.6 Å². The van der Waals surface area contributed by atoms with Crippen molar-refractivity contribution in [1.29, 1.82) is 0 Å². The number of nitrogens with zero attached hydrogens (tertiary/aromatic N) is 3. The predicted octanol–water partition coefficient (Wildman–Crippen LogP) is 3.29. The van der Waals surface area contributed by atoms with Crippen LogP contribution in [0.5, 0.6) is 0 Å². The molecule has 0 spiro atoms. The first-order valence-electron chi connectivity index (χ1n) is 10.1. The maximum atomic E-state index is 12.7. The Kier molecular flexibility index (Phi) is 6.53. The molecule has 2 aromatic heterocycles. The lowest BCUT2D eigenvalue weighted by molar-refractivity contribution is -0.131. The number of carbonyl (C=O) groups excluding carboxylic acids is 2. The molecule has 4 rings (SSSR count). The molecule has 0 aliphatic carbocycles. The van der Waals surface area contributed by atoms with Crippen molar-refractivity contribution in [2.75, 3.05) is 6.54 Å². The Balaban J connectivity index is 1.28. The zero-order valence-electron chi connectivity index (χ0n) is 16.6. The van der Waals surface area contributed by atoms with Gasteiger partial charge in [0, 0.05) is 30.8 Å². The molecule has 30 heavy (non-hydrogen) atoms. The molecule has 3 aromatic rings. The Morgan fingerprint density at radius 2 is 2.07 bits per heavy atom. The molecule has 1 aliphatic heterocycles. The van der Waals surface area contributed by atoms with Gasteiger partial charge in [-0.3, -0.25) is 9.59 Å². The topological polar surface area (TPSA) is 88.3 Å². The van der Waals surface area contributed by atoms with Gasteiger partial charge in [0.15, 0.2) is 5.82 Å². The molecule has 8 heteroatoms. The first-order chi connectivity index (χ1) is 14.7. The fraction of sp³-hybridized carbons (Fsp3) is 0.364. The summed E-state index contributed by atoms with van der Waals surface area (Å²) < 4.78 is 5.35. The van der Waals surface area contributed by atoms with Crippen LogP contribution in [0.25, 0.3) is 0 Å². The number of rotatable bonds is 8. The van der Waals surface area contributed by atoms with E-state index in [1.54, 1.807) is 11.3 Å². The van der Waals surface area contributed by atoms with Crippen LogP contribution in [0.4, 0.5) is 0 Å².